The third-order valence-corrected chi connectivity index (χ3v) is 6.50. The Balaban J connectivity index is 1.64. The molecule has 2 N–H and O–H groups in total. The van der Waals surface area contributed by atoms with Gasteiger partial charge in [0, 0.05) is 31.1 Å². The summed E-state index contributed by atoms with van der Waals surface area (Å²) in [4.78, 5) is 27.6. The van der Waals surface area contributed by atoms with Crippen molar-refractivity contribution in [3.8, 4) is 0 Å². The molecule has 1 aliphatic carbocycles. The number of carbonyl (C=O) groups excluding carboxylic acids is 1. The number of hydrogen-bond acceptors (Lipinski definition) is 6. The number of aromatic nitrogens is 2. The molecule has 2 aromatic heterocycles. The summed E-state index contributed by atoms with van der Waals surface area (Å²) in [7, 11) is 0. The predicted molar refractivity (Wildman–Crippen MR) is 101 cm³/mol. The molecule has 7 heteroatoms. The number of carbonyl (C=O) groups is 1. The van der Waals surface area contributed by atoms with Crippen molar-refractivity contribution < 1.29 is 4.79 Å². The molecule has 3 heterocycles. The van der Waals surface area contributed by atoms with E-state index in [4.69, 9.17) is 5.73 Å². The van der Waals surface area contributed by atoms with E-state index in [1.165, 1.54) is 28.7 Å². The molecule has 0 radical (unpaired) electrons. The first-order valence-corrected chi connectivity index (χ1v) is 9.94. The number of hydrogen-bond donors (Lipinski definition) is 1. The van der Waals surface area contributed by atoms with Crippen LogP contribution < -0.4 is 10.6 Å². The summed E-state index contributed by atoms with van der Waals surface area (Å²) in [5.41, 5.74) is 6.83. The zero-order chi connectivity index (χ0) is 17.4. The Labute approximate surface area is 152 Å². The number of nitrogens with two attached hydrogens (primary N) is 1. The molecule has 0 bridgehead atoms. The van der Waals surface area contributed by atoms with E-state index < -0.39 is 0 Å². The molecule has 1 aliphatic heterocycles. The van der Waals surface area contributed by atoms with Crippen LogP contribution in [0.15, 0.2) is 6.33 Å². The Hall–Kier alpha value is -1.73. The van der Waals surface area contributed by atoms with E-state index in [0.717, 1.165) is 55.6 Å². The highest BCUT2D eigenvalue weighted by molar-refractivity contribution is 7.19. The second kappa shape index (κ2) is 6.88. The first kappa shape index (κ1) is 16.7. The third-order valence-electron chi connectivity index (χ3n) is 5.34. The molecule has 25 heavy (non-hydrogen) atoms. The fourth-order valence-corrected chi connectivity index (χ4v) is 5.40. The number of rotatable bonds is 3. The Bertz CT molecular complexity index is 789. The molecular formula is C18H25N5OS. The first-order valence-electron chi connectivity index (χ1n) is 9.12. The van der Waals surface area contributed by atoms with Gasteiger partial charge in [0.05, 0.1) is 11.9 Å². The average Bonchev–Trinajstić information content (AvgIpc) is 2.78. The van der Waals surface area contributed by atoms with Gasteiger partial charge in [0.15, 0.2) is 0 Å². The molecule has 134 valence electrons. The summed E-state index contributed by atoms with van der Waals surface area (Å²) >= 11 is 1.85. The zero-order valence-electron chi connectivity index (χ0n) is 14.7. The molecule has 1 unspecified atom stereocenters. The van der Waals surface area contributed by atoms with Crippen molar-refractivity contribution >= 4 is 33.3 Å². The highest BCUT2D eigenvalue weighted by Gasteiger charge is 2.26. The van der Waals surface area contributed by atoms with Gasteiger partial charge in [-0.15, -0.1) is 11.3 Å². The molecule has 6 nitrogen and oxygen atoms in total. The molecule has 0 aromatic carbocycles. The molecule has 1 fully saturated rings. The van der Waals surface area contributed by atoms with Crippen LogP contribution in [0.25, 0.3) is 10.2 Å². The van der Waals surface area contributed by atoms with Crippen molar-refractivity contribution in [3.05, 3.63) is 16.8 Å². The lowest BCUT2D eigenvalue weighted by Gasteiger charge is -2.24. The highest BCUT2D eigenvalue weighted by atomic mass is 32.1. The minimum Gasteiger partial charge on any atom is -0.369 e. The van der Waals surface area contributed by atoms with E-state index >= 15 is 0 Å². The van der Waals surface area contributed by atoms with Gasteiger partial charge in [-0.2, -0.15) is 0 Å². The SMILES string of the molecule is CC1CCc2c(sc3ncnc(N4CCCN(CC(N)=O)CC4)c23)C1. The Morgan fingerprint density at radius 3 is 3.04 bits per heavy atom. The van der Waals surface area contributed by atoms with Crippen molar-refractivity contribution in [2.75, 3.05) is 37.6 Å². The van der Waals surface area contributed by atoms with Crippen molar-refractivity contribution in [2.45, 2.75) is 32.6 Å². The summed E-state index contributed by atoms with van der Waals surface area (Å²) in [5.74, 6) is 1.59. The molecule has 2 aliphatic rings. The lowest BCUT2D eigenvalue weighted by atomic mass is 9.89. The standard InChI is InChI=1S/C18H25N5OS/c1-12-3-4-13-14(9-12)25-18-16(13)17(20-11-21-18)23-6-2-5-22(7-8-23)10-15(19)24/h11-12H,2-10H2,1H3,(H2,19,24). The number of anilines is 1. The Morgan fingerprint density at radius 1 is 1.32 bits per heavy atom. The predicted octanol–water partition coefficient (Wildman–Crippen LogP) is 1.81. The fourth-order valence-electron chi connectivity index (χ4n) is 4.06. The molecule has 0 spiro atoms. The van der Waals surface area contributed by atoms with E-state index in [0.29, 0.717) is 6.54 Å². The lowest BCUT2D eigenvalue weighted by molar-refractivity contribution is -0.119. The van der Waals surface area contributed by atoms with Crippen LogP contribution in [-0.2, 0) is 17.6 Å². The summed E-state index contributed by atoms with van der Waals surface area (Å²) < 4.78 is 0. The van der Waals surface area contributed by atoms with Gasteiger partial charge in [-0.3, -0.25) is 9.69 Å². The molecule has 1 saturated heterocycles. The van der Waals surface area contributed by atoms with Gasteiger partial charge in [0.2, 0.25) is 5.91 Å². The minimum atomic E-state index is -0.251. The second-order valence-electron chi connectivity index (χ2n) is 7.31. The van der Waals surface area contributed by atoms with Gasteiger partial charge in [-0.05, 0) is 37.2 Å². The van der Waals surface area contributed by atoms with Crippen LogP contribution in [0.2, 0.25) is 0 Å². The van der Waals surface area contributed by atoms with Gasteiger partial charge in [0.1, 0.15) is 17.0 Å². The van der Waals surface area contributed by atoms with E-state index in [9.17, 15) is 4.79 Å². The van der Waals surface area contributed by atoms with Crippen molar-refractivity contribution in [3.63, 3.8) is 0 Å². The number of fused-ring (bicyclic) bond motifs is 3. The maximum absolute atomic E-state index is 11.2. The topological polar surface area (TPSA) is 75.3 Å². The smallest absolute Gasteiger partial charge is 0.231 e. The quantitative estimate of drug-likeness (QED) is 0.905. The second-order valence-corrected chi connectivity index (χ2v) is 8.40. The van der Waals surface area contributed by atoms with Crippen LogP contribution in [0.1, 0.15) is 30.2 Å². The Morgan fingerprint density at radius 2 is 2.20 bits per heavy atom. The van der Waals surface area contributed by atoms with Crippen LogP contribution in [0.4, 0.5) is 5.82 Å². The summed E-state index contributed by atoms with van der Waals surface area (Å²) in [5, 5.41) is 1.28. The summed E-state index contributed by atoms with van der Waals surface area (Å²) in [6.45, 7) is 6.27. The van der Waals surface area contributed by atoms with Gasteiger partial charge in [0.25, 0.3) is 0 Å². The molecule has 4 rings (SSSR count). The van der Waals surface area contributed by atoms with Gasteiger partial charge >= 0.3 is 0 Å². The summed E-state index contributed by atoms with van der Waals surface area (Å²) in [6.07, 6.45) is 6.28. The normalized spacial score (nSPS) is 22.0. The Kier molecular flexibility index (Phi) is 4.60. The zero-order valence-corrected chi connectivity index (χ0v) is 15.5. The fraction of sp³-hybridized carbons (Fsp3) is 0.611. The maximum atomic E-state index is 11.2. The molecule has 0 saturated carbocycles. The number of amides is 1. The van der Waals surface area contributed by atoms with Crippen LogP contribution in [0.3, 0.4) is 0 Å². The van der Waals surface area contributed by atoms with Crippen LogP contribution in [0, 0.1) is 5.92 Å². The number of thiophene rings is 1. The van der Waals surface area contributed by atoms with Crippen LogP contribution in [0.5, 0.6) is 0 Å². The van der Waals surface area contributed by atoms with Crippen LogP contribution >= 0.6 is 11.3 Å². The number of nitrogens with zero attached hydrogens (tertiary/aromatic N) is 4. The van der Waals surface area contributed by atoms with Crippen molar-refractivity contribution in [2.24, 2.45) is 11.7 Å². The summed E-state index contributed by atoms with van der Waals surface area (Å²) in [6, 6.07) is 0. The van der Waals surface area contributed by atoms with Crippen molar-refractivity contribution in [1.82, 2.24) is 14.9 Å². The first-order chi connectivity index (χ1) is 12.1. The number of primary amides is 1. The maximum Gasteiger partial charge on any atom is 0.231 e. The number of aryl methyl sites for hydroxylation is 1. The van der Waals surface area contributed by atoms with Gasteiger partial charge < -0.3 is 10.6 Å². The lowest BCUT2D eigenvalue weighted by Crippen LogP contribution is -2.36. The molecule has 1 atom stereocenters. The molecule has 1 amide bonds. The van der Waals surface area contributed by atoms with Gasteiger partial charge in [-0.25, -0.2) is 9.97 Å². The monoisotopic (exact) mass is 359 g/mol. The molecular weight excluding hydrogens is 334 g/mol. The third kappa shape index (κ3) is 3.35. The van der Waals surface area contributed by atoms with E-state index in [1.807, 2.05) is 11.3 Å². The van der Waals surface area contributed by atoms with E-state index in [2.05, 4.69) is 26.7 Å². The highest BCUT2D eigenvalue weighted by Crippen LogP contribution is 2.40. The van der Waals surface area contributed by atoms with Crippen LogP contribution in [-0.4, -0.2) is 53.5 Å². The van der Waals surface area contributed by atoms with E-state index in [-0.39, 0.29) is 5.91 Å². The van der Waals surface area contributed by atoms with Crippen molar-refractivity contribution in [1.29, 1.82) is 0 Å². The van der Waals surface area contributed by atoms with Gasteiger partial charge in [-0.1, -0.05) is 6.92 Å². The average molecular weight is 359 g/mol. The molecule has 2 aromatic rings. The van der Waals surface area contributed by atoms with E-state index in [1.54, 1.807) is 6.33 Å². The minimum absolute atomic E-state index is 0.251. The largest absolute Gasteiger partial charge is 0.369 e.